The Balaban J connectivity index is 2.29. The van der Waals surface area contributed by atoms with E-state index < -0.39 is 0 Å². The van der Waals surface area contributed by atoms with Crippen molar-refractivity contribution in [1.29, 1.82) is 0 Å². The van der Waals surface area contributed by atoms with E-state index in [0.29, 0.717) is 26.2 Å². The number of ether oxygens (including phenoxy) is 2. The zero-order chi connectivity index (χ0) is 13.7. The van der Waals surface area contributed by atoms with Crippen LogP contribution in [-0.4, -0.2) is 43.8 Å². The first-order valence-corrected chi connectivity index (χ1v) is 6.73. The third-order valence-corrected chi connectivity index (χ3v) is 3.45. The number of methoxy groups -OCH3 is 1. The number of carbonyl (C=O) groups excluding carboxylic acids is 1. The van der Waals surface area contributed by atoms with E-state index in [-0.39, 0.29) is 18.1 Å². The van der Waals surface area contributed by atoms with Crippen LogP contribution >= 0.6 is 0 Å². The first-order valence-electron chi connectivity index (χ1n) is 6.73. The molecular weight excluding hydrogens is 242 g/mol. The fraction of sp³-hybridized carbons (Fsp3) is 0.533. The maximum Gasteiger partial charge on any atom is 0.222 e. The predicted octanol–water partition coefficient (Wildman–Crippen LogP) is 2.01. The Bertz CT molecular complexity index is 405. The molecule has 2 rings (SSSR count). The Morgan fingerprint density at radius 1 is 1.42 bits per heavy atom. The molecule has 0 N–H and O–H groups in total. The van der Waals surface area contributed by atoms with Gasteiger partial charge in [-0.1, -0.05) is 37.3 Å². The smallest absolute Gasteiger partial charge is 0.222 e. The average molecular weight is 263 g/mol. The predicted molar refractivity (Wildman–Crippen MR) is 72.8 cm³/mol. The van der Waals surface area contributed by atoms with E-state index in [1.165, 1.54) is 0 Å². The topological polar surface area (TPSA) is 38.8 Å². The normalized spacial score (nSPS) is 23.4. The molecule has 1 heterocycles. The minimum atomic E-state index is -0.100. The minimum Gasteiger partial charge on any atom is -0.382 e. The Morgan fingerprint density at radius 2 is 2.16 bits per heavy atom. The summed E-state index contributed by atoms with van der Waals surface area (Å²) in [5.41, 5.74) is 1.10. The van der Waals surface area contributed by atoms with E-state index in [2.05, 4.69) is 0 Å². The lowest BCUT2D eigenvalue weighted by Gasteiger charge is -2.41. The summed E-state index contributed by atoms with van der Waals surface area (Å²) in [6.45, 7) is 3.60. The molecule has 2 atom stereocenters. The van der Waals surface area contributed by atoms with Crippen LogP contribution in [-0.2, 0) is 14.3 Å². The molecule has 0 bridgehead atoms. The number of hydrogen-bond donors (Lipinski definition) is 0. The van der Waals surface area contributed by atoms with Gasteiger partial charge in [-0.3, -0.25) is 4.79 Å². The molecule has 4 nitrogen and oxygen atoms in total. The van der Waals surface area contributed by atoms with Crippen molar-refractivity contribution in [2.24, 2.45) is 0 Å². The molecule has 0 unspecified atom stereocenters. The van der Waals surface area contributed by atoms with Crippen molar-refractivity contribution in [2.45, 2.75) is 25.5 Å². The fourth-order valence-electron chi connectivity index (χ4n) is 2.56. The minimum absolute atomic E-state index is 0.0534. The van der Waals surface area contributed by atoms with E-state index in [1.54, 1.807) is 7.11 Å². The third kappa shape index (κ3) is 3.14. The molecular formula is C15H21NO3. The van der Waals surface area contributed by atoms with Crippen molar-refractivity contribution in [2.75, 3.05) is 26.9 Å². The van der Waals surface area contributed by atoms with Gasteiger partial charge in [0.15, 0.2) is 0 Å². The standard InChI is InChI=1S/C15H21NO3/c1-3-14(17)16-9-10-19-13(11-18-2)15(16)12-7-5-4-6-8-12/h4-8,13,15H,3,9-11H2,1-2H3/t13-,15-/m0/s1. The number of nitrogens with zero attached hydrogens (tertiary/aromatic N) is 1. The van der Waals surface area contributed by atoms with Gasteiger partial charge < -0.3 is 14.4 Å². The van der Waals surface area contributed by atoms with Crippen LogP contribution in [0.25, 0.3) is 0 Å². The van der Waals surface area contributed by atoms with Gasteiger partial charge in [-0.15, -0.1) is 0 Å². The summed E-state index contributed by atoms with van der Waals surface area (Å²) >= 11 is 0. The van der Waals surface area contributed by atoms with Gasteiger partial charge in [0.05, 0.1) is 19.3 Å². The summed E-state index contributed by atoms with van der Waals surface area (Å²) in [7, 11) is 1.66. The van der Waals surface area contributed by atoms with Crippen molar-refractivity contribution in [3.05, 3.63) is 35.9 Å². The molecule has 1 saturated heterocycles. The second-order valence-corrected chi connectivity index (χ2v) is 4.66. The van der Waals surface area contributed by atoms with E-state index >= 15 is 0 Å². The van der Waals surface area contributed by atoms with Crippen LogP contribution in [0.5, 0.6) is 0 Å². The van der Waals surface area contributed by atoms with Gasteiger partial charge in [0, 0.05) is 20.1 Å². The largest absolute Gasteiger partial charge is 0.382 e. The Hall–Kier alpha value is -1.39. The molecule has 19 heavy (non-hydrogen) atoms. The van der Waals surface area contributed by atoms with Crippen LogP contribution in [0.4, 0.5) is 0 Å². The van der Waals surface area contributed by atoms with Crippen molar-refractivity contribution < 1.29 is 14.3 Å². The Labute approximate surface area is 114 Å². The fourth-order valence-corrected chi connectivity index (χ4v) is 2.56. The lowest BCUT2D eigenvalue weighted by atomic mass is 9.98. The molecule has 0 aliphatic carbocycles. The van der Waals surface area contributed by atoms with Crippen LogP contribution in [0.3, 0.4) is 0 Å². The summed E-state index contributed by atoms with van der Waals surface area (Å²) in [6.07, 6.45) is 0.417. The van der Waals surface area contributed by atoms with E-state index in [0.717, 1.165) is 5.56 Å². The maximum absolute atomic E-state index is 12.1. The van der Waals surface area contributed by atoms with Crippen molar-refractivity contribution in [1.82, 2.24) is 4.90 Å². The highest BCUT2D eigenvalue weighted by Gasteiger charge is 2.35. The molecule has 0 aromatic heterocycles. The van der Waals surface area contributed by atoms with Crippen LogP contribution in [0.2, 0.25) is 0 Å². The van der Waals surface area contributed by atoms with Gasteiger partial charge in [-0.05, 0) is 5.56 Å². The van der Waals surface area contributed by atoms with E-state index in [4.69, 9.17) is 9.47 Å². The average Bonchev–Trinajstić information content (AvgIpc) is 2.47. The zero-order valence-electron chi connectivity index (χ0n) is 11.5. The second-order valence-electron chi connectivity index (χ2n) is 4.66. The molecule has 0 saturated carbocycles. The molecule has 0 radical (unpaired) electrons. The number of amides is 1. The first kappa shape index (κ1) is 14.0. The lowest BCUT2D eigenvalue weighted by Crippen LogP contribution is -2.49. The number of rotatable bonds is 4. The van der Waals surface area contributed by atoms with Gasteiger partial charge in [-0.25, -0.2) is 0 Å². The van der Waals surface area contributed by atoms with Crippen LogP contribution in [0.15, 0.2) is 30.3 Å². The zero-order valence-corrected chi connectivity index (χ0v) is 11.5. The number of benzene rings is 1. The van der Waals surface area contributed by atoms with Gasteiger partial charge in [0.1, 0.15) is 6.10 Å². The van der Waals surface area contributed by atoms with Gasteiger partial charge in [-0.2, -0.15) is 0 Å². The molecule has 0 spiro atoms. The molecule has 4 heteroatoms. The highest BCUT2D eigenvalue weighted by Crippen LogP contribution is 2.30. The van der Waals surface area contributed by atoms with Crippen LogP contribution < -0.4 is 0 Å². The summed E-state index contributed by atoms with van der Waals surface area (Å²) in [4.78, 5) is 14.0. The monoisotopic (exact) mass is 263 g/mol. The molecule has 104 valence electrons. The summed E-state index contributed by atoms with van der Waals surface area (Å²) in [5.74, 6) is 0.165. The molecule has 1 aromatic carbocycles. The highest BCUT2D eigenvalue weighted by molar-refractivity contribution is 5.76. The lowest BCUT2D eigenvalue weighted by molar-refractivity contribution is -0.150. The molecule has 1 amide bonds. The van der Waals surface area contributed by atoms with E-state index in [9.17, 15) is 4.79 Å². The van der Waals surface area contributed by atoms with Crippen molar-refractivity contribution in [3.8, 4) is 0 Å². The van der Waals surface area contributed by atoms with Crippen LogP contribution in [0, 0.1) is 0 Å². The van der Waals surface area contributed by atoms with Crippen molar-refractivity contribution >= 4 is 5.91 Å². The van der Waals surface area contributed by atoms with Gasteiger partial charge >= 0.3 is 0 Å². The van der Waals surface area contributed by atoms with E-state index in [1.807, 2.05) is 42.2 Å². The number of carbonyl (C=O) groups is 1. The Kier molecular flexibility index (Phi) is 4.93. The quantitative estimate of drug-likeness (QED) is 0.834. The molecule has 1 fully saturated rings. The first-order chi connectivity index (χ1) is 9.27. The SMILES string of the molecule is CCC(=O)N1CCO[C@@H](COC)[C@@H]1c1ccccc1. The summed E-state index contributed by atoms with van der Waals surface area (Å²) in [6, 6.07) is 9.98. The molecule has 1 aliphatic heterocycles. The summed E-state index contributed by atoms with van der Waals surface area (Å²) in [5, 5.41) is 0. The maximum atomic E-state index is 12.1. The number of morpholine rings is 1. The van der Waals surface area contributed by atoms with Crippen molar-refractivity contribution in [3.63, 3.8) is 0 Å². The molecule has 1 aromatic rings. The van der Waals surface area contributed by atoms with Crippen LogP contribution in [0.1, 0.15) is 24.9 Å². The number of hydrogen-bond acceptors (Lipinski definition) is 3. The van der Waals surface area contributed by atoms with Gasteiger partial charge in [0.2, 0.25) is 5.91 Å². The Morgan fingerprint density at radius 3 is 2.79 bits per heavy atom. The second kappa shape index (κ2) is 6.68. The molecule has 1 aliphatic rings. The van der Waals surface area contributed by atoms with Gasteiger partial charge in [0.25, 0.3) is 0 Å². The summed E-state index contributed by atoms with van der Waals surface area (Å²) < 4.78 is 11.0. The highest BCUT2D eigenvalue weighted by atomic mass is 16.5. The third-order valence-electron chi connectivity index (χ3n) is 3.45.